The predicted molar refractivity (Wildman–Crippen MR) is 82.4 cm³/mol. The molecule has 21 heavy (non-hydrogen) atoms. The fourth-order valence-electron chi connectivity index (χ4n) is 2.54. The second-order valence-electron chi connectivity index (χ2n) is 5.62. The van der Waals surface area contributed by atoms with Crippen LogP contribution in [0.25, 0.3) is 0 Å². The Morgan fingerprint density at radius 1 is 1.38 bits per heavy atom. The van der Waals surface area contributed by atoms with Gasteiger partial charge in [0.2, 0.25) is 0 Å². The molecule has 114 valence electrons. The second-order valence-corrected chi connectivity index (χ2v) is 6.77. The van der Waals surface area contributed by atoms with Gasteiger partial charge in [-0.05, 0) is 31.9 Å². The van der Waals surface area contributed by atoms with Crippen molar-refractivity contribution in [3.8, 4) is 0 Å². The number of carbonyl (C=O) groups excluding carboxylic acids is 1. The molecule has 1 saturated heterocycles. The highest BCUT2D eigenvalue weighted by Gasteiger charge is 2.43. The van der Waals surface area contributed by atoms with Crippen molar-refractivity contribution in [2.75, 3.05) is 5.75 Å². The molecule has 1 aromatic rings. The van der Waals surface area contributed by atoms with E-state index < -0.39 is 12.0 Å². The van der Waals surface area contributed by atoms with Crippen molar-refractivity contribution in [1.82, 2.24) is 9.88 Å². The molecule has 1 N–H and O–H groups in total. The molecule has 0 aromatic carbocycles. The molecular formula is C15H20N2O3S. The molecule has 2 rings (SSSR count). The zero-order chi connectivity index (χ0) is 15.7. The van der Waals surface area contributed by atoms with Crippen molar-refractivity contribution in [2.24, 2.45) is 5.92 Å². The van der Waals surface area contributed by atoms with Crippen LogP contribution in [0, 0.1) is 19.8 Å². The second kappa shape index (κ2) is 6.05. The third-order valence-electron chi connectivity index (χ3n) is 3.58. The molecule has 2 unspecified atom stereocenters. The number of thioether (sulfide) groups is 1. The fourth-order valence-corrected chi connectivity index (χ4v) is 4.01. The molecule has 6 heteroatoms. The summed E-state index contributed by atoms with van der Waals surface area (Å²) in [7, 11) is 0. The largest absolute Gasteiger partial charge is 0.480 e. The molecule has 1 aliphatic heterocycles. The van der Waals surface area contributed by atoms with E-state index in [-0.39, 0.29) is 17.2 Å². The molecular weight excluding hydrogens is 288 g/mol. The monoisotopic (exact) mass is 308 g/mol. The van der Waals surface area contributed by atoms with Crippen molar-refractivity contribution in [1.29, 1.82) is 0 Å². The van der Waals surface area contributed by atoms with Gasteiger partial charge in [0, 0.05) is 11.4 Å². The van der Waals surface area contributed by atoms with Crippen molar-refractivity contribution in [2.45, 2.75) is 39.1 Å². The molecule has 0 spiro atoms. The first-order valence-electron chi connectivity index (χ1n) is 6.94. The van der Waals surface area contributed by atoms with E-state index in [4.69, 9.17) is 0 Å². The number of carboxylic acid groups (broad SMARTS) is 1. The van der Waals surface area contributed by atoms with Crippen LogP contribution in [0.1, 0.15) is 35.6 Å². The lowest BCUT2D eigenvalue weighted by Crippen LogP contribution is -2.47. The minimum Gasteiger partial charge on any atom is -0.480 e. The number of nitrogens with zero attached hydrogens (tertiary/aromatic N) is 2. The fraction of sp³-hybridized carbons (Fsp3) is 0.533. The molecule has 0 radical (unpaired) electrons. The van der Waals surface area contributed by atoms with E-state index in [0.29, 0.717) is 17.0 Å². The van der Waals surface area contributed by atoms with Gasteiger partial charge in [-0.2, -0.15) is 0 Å². The van der Waals surface area contributed by atoms with Gasteiger partial charge in [0.15, 0.2) is 0 Å². The molecule has 1 amide bonds. The van der Waals surface area contributed by atoms with Crippen LogP contribution in [-0.4, -0.2) is 44.0 Å². The quantitative estimate of drug-likeness (QED) is 0.928. The van der Waals surface area contributed by atoms with Crippen molar-refractivity contribution < 1.29 is 14.7 Å². The predicted octanol–water partition coefficient (Wildman–Crippen LogP) is 2.32. The van der Waals surface area contributed by atoms with Gasteiger partial charge < -0.3 is 10.0 Å². The molecule has 5 nitrogen and oxygen atoms in total. The first-order chi connectivity index (χ1) is 9.82. The van der Waals surface area contributed by atoms with Crippen LogP contribution >= 0.6 is 11.8 Å². The van der Waals surface area contributed by atoms with Crippen LogP contribution < -0.4 is 0 Å². The maximum Gasteiger partial charge on any atom is 0.327 e. The van der Waals surface area contributed by atoms with Gasteiger partial charge in [-0.3, -0.25) is 9.78 Å². The van der Waals surface area contributed by atoms with E-state index >= 15 is 0 Å². The normalized spacial score (nSPS) is 21.9. The average molecular weight is 308 g/mol. The molecule has 1 fully saturated rings. The third-order valence-corrected chi connectivity index (χ3v) is 5.20. The lowest BCUT2D eigenvalue weighted by atomic mass is 10.1. The summed E-state index contributed by atoms with van der Waals surface area (Å²) < 4.78 is 0. The van der Waals surface area contributed by atoms with Crippen LogP contribution in [0.5, 0.6) is 0 Å². The molecule has 2 heterocycles. The summed E-state index contributed by atoms with van der Waals surface area (Å²) in [6.45, 7) is 7.65. The van der Waals surface area contributed by atoms with Gasteiger partial charge in [-0.25, -0.2) is 4.79 Å². The summed E-state index contributed by atoms with van der Waals surface area (Å²) in [6, 6.07) is 2.75. The number of carboxylic acids is 1. The number of hydrogen-bond donors (Lipinski definition) is 1. The number of aromatic nitrogens is 1. The SMILES string of the molecule is Cc1ccc(C(=O)N2C(C(=O)O)CSC2C(C)C)c(C)n1. The highest BCUT2D eigenvalue weighted by atomic mass is 32.2. The van der Waals surface area contributed by atoms with Crippen molar-refractivity contribution >= 4 is 23.6 Å². The van der Waals surface area contributed by atoms with Crippen LogP contribution in [0.3, 0.4) is 0 Å². The maximum absolute atomic E-state index is 12.8. The van der Waals surface area contributed by atoms with Crippen molar-refractivity contribution in [3.63, 3.8) is 0 Å². The van der Waals surface area contributed by atoms with Crippen LogP contribution in [-0.2, 0) is 4.79 Å². The van der Waals surface area contributed by atoms with E-state index in [9.17, 15) is 14.7 Å². The van der Waals surface area contributed by atoms with E-state index in [1.807, 2.05) is 20.8 Å². The third kappa shape index (κ3) is 3.05. The number of aryl methyl sites for hydroxylation is 2. The zero-order valence-corrected chi connectivity index (χ0v) is 13.5. The Kier molecular flexibility index (Phi) is 4.56. The Bertz CT molecular complexity index is 574. The Morgan fingerprint density at radius 2 is 2.05 bits per heavy atom. The number of carbonyl (C=O) groups is 2. The van der Waals surface area contributed by atoms with Crippen LogP contribution in [0.2, 0.25) is 0 Å². The Balaban J connectivity index is 2.39. The first kappa shape index (κ1) is 15.8. The number of aliphatic carboxylic acids is 1. The highest BCUT2D eigenvalue weighted by molar-refractivity contribution is 8.00. The summed E-state index contributed by atoms with van der Waals surface area (Å²) in [4.78, 5) is 30.1. The van der Waals surface area contributed by atoms with Gasteiger partial charge in [-0.15, -0.1) is 11.8 Å². The molecule has 0 bridgehead atoms. The Morgan fingerprint density at radius 3 is 2.57 bits per heavy atom. The summed E-state index contributed by atoms with van der Waals surface area (Å²) in [5.74, 6) is -0.558. The van der Waals surface area contributed by atoms with Gasteiger partial charge in [0.05, 0.1) is 16.6 Å². The van der Waals surface area contributed by atoms with Gasteiger partial charge >= 0.3 is 5.97 Å². The molecule has 2 atom stereocenters. The van der Waals surface area contributed by atoms with E-state index in [1.54, 1.807) is 19.1 Å². The van der Waals surface area contributed by atoms with Crippen LogP contribution in [0.15, 0.2) is 12.1 Å². The Hall–Kier alpha value is -1.56. The number of hydrogen-bond acceptors (Lipinski definition) is 4. The molecule has 0 saturated carbocycles. The van der Waals surface area contributed by atoms with E-state index in [1.165, 1.54) is 16.7 Å². The topological polar surface area (TPSA) is 70.5 Å². The van der Waals surface area contributed by atoms with Gasteiger partial charge in [0.25, 0.3) is 5.91 Å². The summed E-state index contributed by atoms with van der Waals surface area (Å²) in [6.07, 6.45) is 0. The summed E-state index contributed by atoms with van der Waals surface area (Å²) in [5.41, 5.74) is 1.97. The molecule has 1 aromatic heterocycles. The summed E-state index contributed by atoms with van der Waals surface area (Å²) in [5, 5.41) is 9.26. The Labute approximate surface area is 128 Å². The average Bonchev–Trinajstić information content (AvgIpc) is 2.82. The van der Waals surface area contributed by atoms with E-state index in [2.05, 4.69) is 4.98 Å². The van der Waals surface area contributed by atoms with Crippen LogP contribution in [0.4, 0.5) is 0 Å². The lowest BCUT2D eigenvalue weighted by Gasteiger charge is -2.30. The van der Waals surface area contributed by atoms with Gasteiger partial charge in [0.1, 0.15) is 6.04 Å². The maximum atomic E-state index is 12.8. The molecule has 1 aliphatic rings. The molecule has 0 aliphatic carbocycles. The van der Waals surface area contributed by atoms with E-state index in [0.717, 1.165) is 5.69 Å². The smallest absolute Gasteiger partial charge is 0.327 e. The first-order valence-corrected chi connectivity index (χ1v) is 7.99. The van der Waals surface area contributed by atoms with Crippen molar-refractivity contribution in [3.05, 3.63) is 29.1 Å². The lowest BCUT2D eigenvalue weighted by molar-refractivity contribution is -0.141. The number of rotatable bonds is 3. The number of pyridine rings is 1. The zero-order valence-electron chi connectivity index (χ0n) is 12.7. The standard InChI is InChI=1S/C15H20N2O3S/c1-8(2)14-17(12(7-21-14)15(19)20)13(18)11-6-5-9(3)16-10(11)4/h5-6,8,12,14H,7H2,1-4H3,(H,19,20). The number of amides is 1. The minimum atomic E-state index is -0.947. The highest BCUT2D eigenvalue weighted by Crippen LogP contribution is 2.35. The minimum absolute atomic E-state index is 0.112. The van der Waals surface area contributed by atoms with Gasteiger partial charge in [-0.1, -0.05) is 13.8 Å². The summed E-state index contributed by atoms with van der Waals surface area (Å²) >= 11 is 1.53.